The van der Waals surface area contributed by atoms with Gasteiger partial charge in [0, 0.05) is 0 Å². The molecule has 0 saturated heterocycles. The highest BCUT2D eigenvalue weighted by atomic mass is 16.6. The molecule has 0 amide bonds. The predicted molar refractivity (Wildman–Crippen MR) is 43.3 cm³/mol. The van der Waals surface area contributed by atoms with E-state index in [4.69, 9.17) is 16.7 Å². The van der Waals surface area contributed by atoms with Gasteiger partial charge < -0.3 is 16.0 Å². The van der Waals surface area contributed by atoms with E-state index in [0.29, 0.717) is 0 Å². The SMILES string of the molecule is N#Cc1c(-c2nonc2N)noc1N. The first-order valence-corrected chi connectivity index (χ1v) is 3.47. The van der Waals surface area contributed by atoms with Gasteiger partial charge in [-0.15, -0.1) is 0 Å². The molecule has 4 N–H and O–H groups in total. The summed E-state index contributed by atoms with van der Waals surface area (Å²) >= 11 is 0. The Bertz CT molecular complexity index is 507. The smallest absolute Gasteiger partial charge is 0.240 e. The largest absolute Gasteiger partial charge is 0.379 e. The van der Waals surface area contributed by atoms with Crippen LogP contribution in [0.5, 0.6) is 0 Å². The van der Waals surface area contributed by atoms with Crippen molar-refractivity contribution in [3.05, 3.63) is 5.56 Å². The standard InChI is InChI=1S/C6H4N6O2/c7-1-2-3(10-13-6(2)9)4-5(8)12-14-11-4/h9H2,(H2,8,12). The molecule has 8 nitrogen and oxygen atoms in total. The number of nitriles is 1. The Labute approximate surface area is 77.0 Å². The lowest BCUT2D eigenvalue weighted by Gasteiger charge is -1.86. The van der Waals surface area contributed by atoms with Crippen molar-refractivity contribution >= 4 is 11.7 Å². The van der Waals surface area contributed by atoms with Crippen LogP contribution < -0.4 is 11.5 Å². The molecule has 2 rings (SSSR count). The molecule has 0 unspecified atom stereocenters. The van der Waals surface area contributed by atoms with Crippen molar-refractivity contribution in [3.8, 4) is 17.5 Å². The molecule has 0 spiro atoms. The van der Waals surface area contributed by atoms with E-state index in [-0.39, 0.29) is 28.7 Å². The second-order valence-electron chi connectivity index (χ2n) is 2.38. The molecule has 0 bridgehead atoms. The first-order valence-electron chi connectivity index (χ1n) is 3.47. The zero-order chi connectivity index (χ0) is 10.1. The molecule has 0 atom stereocenters. The van der Waals surface area contributed by atoms with Crippen LogP contribution in [0.1, 0.15) is 5.56 Å². The monoisotopic (exact) mass is 192 g/mol. The molecule has 0 aliphatic rings. The van der Waals surface area contributed by atoms with Crippen LogP contribution in [0.4, 0.5) is 11.7 Å². The van der Waals surface area contributed by atoms with Crippen molar-refractivity contribution in [2.24, 2.45) is 0 Å². The Morgan fingerprint density at radius 3 is 2.50 bits per heavy atom. The van der Waals surface area contributed by atoms with Crippen molar-refractivity contribution in [2.75, 3.05) is 11.5 Å². The summed E-state index contributed by atoms with van der Waals surface area (Å²) in [5.74, 6) is -0.0697. The molecule has 14 heavy (non-hydrogen) atoms. The van der Waals surface area contributed by atoms with E-state index in [2.05, 4.69) is 24.6 Å². The van der Waals surface area contributed by atoms with Crippen molar-refractivity contribution in [1.29, 1.82) is 5.26 Å². The van der Waals surface area contributed by atoms with Crippen LogP contribution in [0.25, 0.3) is 11.4 Å². The summed E-state index contributed by atoms with van der Waals surface area (Å²) in [5, 5.41) is 19.1. The predicted octanol–water partition coefficient (Wildman–Crippen LogP) is -0.239. The maximum atomic E-state index is 8.73. The number of nitrogens with two attached hydrogens (primary N) is 2. The maximum Gasteiger partial charge on any atom is 0.240 e. The van der Waals surface area contributed by atoms with E-state index >= 15 is 0 Å². The summed E-state index contributed by atoms with van der Waals surface area (Å²) in [4.78, 5) is 0. The van der Waals surface area contributed by atoms with E-state index in [1.165, 1.54) is 0 Å². The number of hydrogen-bond acceptors (Lipinski definition) is 8. The Hall–Kier alpha value is -2.56. The highest BCUT2D eigenvalue weighted by Gasteiger charge is 2.21. The molecule has 2 aromatic heterocycles. The maximum absolute atomic E-state index is 8.73. The van der Waals surface area contributed by atoms with Crippen molar-refractivity contribution in [2.45, 2.75) is 0 Å². The van der Waals surface area contributed by atoms with Gasteiger partial charge in [0.1, 0.15) is 11.6 Å². The van der Waals surface area contributed by atoms with Crippen LogP contribution in [0.2, 0.25) is 0 Å². The number of anilines is 2. The second-order valence-corrected chi connectivity index (χ2v) is 2.38. The van der Waals surface area contributed by atoms with E-state index in [0.717, 1.165) is 0 Å². The lowest BCUT2D eigenvalue weighted by atomic mass is 10.2. The van der Waals surface area contributed by atoms with Gasteiger partial charge in [-0.25, -0.2) is 4.63 Å². The Morgan fingerprint density at radius 1 is 1.14 bits per heavy atom. The minimum absolute atomic E-state index is 0.0230. The van der Waals surface area contributed by atoms with Crippen LogP contribution in [0.15, 0.2) is 9.15 Å². The van der Waals surface area contributed by atoms with E-state index in [1.54, 1.807) is 0 Å². The Morgan fingerprint density at radius 2 is 1.93 bits per heavy atom. The number of hydrogen-bond donors (Lipinski definition) is 2. The number of nitrogens with zero attached hydrogens (tertiary/aromatic N) is 4. The average molecular weight is 192 g/mol. The molecule has 2 aromatic rings. The van der Waals surface area contributed by atoms with Crippen LogP contribution in [-0.4, -0.2) is 15.5 Å². The van der Waals surface area contributed by atoms with Gasteiger partial charge in [0.25, 0.3) is 0 Å². The van der Waals surface area contributed by atoms with Gasteiger partial charge in [-0.05, 0) is 10.3 Å². The van der Waals surface area contributed by atoms with Gasteiger partial charge in [-0.3, -0.25) is 0 Å². The molecule has 0 saturated carbocycles. The van der Waals surface area contributed by atoms with E-state index < -0.39 is 0 Å². The lowest BCUT2D eigenvalue weighted by molar-refractivity contribution is 0.310. The zero-order valence-electron chi connectivity index (χ0n) is 6.76. The van der Waals surface area contributed by atoms with Gasteiger partial charge in [-0.1, -0.05) is 5.16 Å². The molecule has 0 radical (unpaired) electrons. The molecule has 8 heteroatoms. The topological polar surface area (TPSA) is 141 Å². The Kier molecular flexibility index (Phi) is 1.57. The molecular formula is C6H4N6O2. The van der Waals surface area contributed by atoms with Crippen LogP contribution in [-0.2, 0) is 0 Å². The molecule has 0 aromatic carbocycles. The summed E-state index contributed by atoms with van der Waals surface area (Å²) in [5.41, 5.74) is 11.1. The first kappa shape index (κ1) is 8.06. The van der Waals surface area contributed by atoms with Crippen LogP contribution in [0.3, 0.4) is 0 Å². The fraction of sp³-hybridized carbons (Fsp3) is 0. The summed E-state index contributed by atoms with van der Waals surface area (Å²) in [6.07, 6.45) is 0. The minimum Gasteiger partial charge on any atom is -0.379 e. The van der Waals surface area contributed by atoms with Crippen molar-refractivity contribution < 1.29 is 9.15 Å². The van der Waals surface area contributed by atoms with Gasteiger partial charge in [0.05, 0.1) is 0 Å². The Balaban J connectivity index is 2.64. The molecule has 0 fully saturated rings. The fourth-order valence-electron chi connectivity index (χ4n) is 0.932. The molecule has 0 aliphatic heterocycles. The molecule has 70 valence electrons. The van der Waals surface area contributed by atoms with Gasteiger partial charge in [0.15, 0.2) is 17.2 Å². The quantitative estimate of drug-likeness (QED) is 0.630. The minimum atomic E-state index is -0.0927. The molecule has 2 heterocycles. The summed E-state index contributed by atoms with van der Waals surface area (Å²) in [7, 11) is 0. The third-order valence-corrected chi connectivity index (χ3v) is 1.57. The van der Waals surface area contributed by atoms with Crippen molar-refractivity contribution in [3.63, 3.8) is 0 Å². The number of nitrogen functional groups attached to an aromatic ring is 2. The first-order chi connectivity index (χ1) is 6.74. The number of rotatable bonds is 1. The summed E-state index contributed by atoms with van der Waals surface area (Å²) in [6.45, 7) is 0. The number of aromatic nitrogens is 3. The highest BCUT2D eigenvalue weighted by Crippen LogP contribution is 2.27. The van der Waals surface area contributed by atoms with Gasteiger partial charge >= 0.3 is 0 Å². The fourth-order valence-corrected chi connectivity index (χ4v) is 0.932. The molecular weight excluding hydrogens is 188 g/mol. The van der Waals surface area contributed by atoms with Gasteiger partial charge in [0.2, 0.25) is 5.88 Å². The summed E-state index contributed by atoms with van der Waals surface area (Å²) < 4.78 is 8.96. The average Bonchev–Trinajstić information content (AvgIpc) is 2.71. The summed E-state index contributed by atoms with van der Waals surface area (Å²) in [6, 6.07) is 1.81. The molecule has 0 aliphatic carbocycles. The van der Waals surface area contributed by atoms with E-state index in [9.17, 15) is 0 Å². The van der Waals surface area contributed by atoms with Crippen molar-refractivity contribution in [1.82, 2.24) is 15.5 Å². The lowest BCUT2D eigenvalue weighted by Crippen LogP contribution is -1.91. The van der Waals surface area contributed by atoms with Crippen LogP contribution in [0, 0.1) is 11.3 Å². The van der Waals surface area contributed by atoms with E-state index in [1.807, 2.05) is 6.07 Å². The normalized spacial score (nSPS) is 9.93. The van der Waals surface area contributed by atoms with Gasteiger partial charge in [-0.2, -0.15) is 5.26 Å². The second kappa shape index (κ2) is 2.74. The highest BCUT2D eigenvalue weighted by molar-refractivity contribution is 5.74. The zero-order valence-corrected chi connectivity index (χ0v) is 6.76. The third kappa shape index (κ3) is 0.962. The third-order valence-electron chi connectivity index (χ3n) is 1.57. The van der Waals surface area contributed by atoms with Crippen LogP contribution >= 0.6 is 0 Å².